The summed E-state index contributed by atoms with van der Waals surface area (Å²) in [5.41, 5.74) is 2.09. The molecule has 0 aliphatic carbocycles. The van der Waals surface area contributed by atoms with Crippen molar-refractivity contribution in [1.82, 2.24) is 0 Å². The summed E-state index contributed by atoms with van der Waals surface area (Å²) in [7, 11) is 0. The van der Waals surface area contributed by atoms with E-state index in [9.17, 15) is 4.79 Å². The van der Waals surface area contributed by atoms with Crippen molar-refractivity contribution >= 4 is 11.6 Å². The van der Waals surface area contributed by atoms with Gasteiger partial charge in [0.2, 0.25) is 5.91 Å². The van der Waals surface area contributed by atoms with Gasteiger partial charge in [0, 0.05) is 18.0 Å². The fourth-order valence-corrected chi connectivity index (χ4v) is 2.46. The number of hydrogen-bond donors (Lipinski definition) is 0. The van der Waals surface area contributed by atoms with Crippen LogP contribution < -0.4 is 4.90 Å². The summed E-state index contributed by atoms with van der Waals surface area (Å²) in [5.74, 6) is 0.540. The second-order valence-electron chi connectivity index (χ2n) is 5.41. The molecule has 108 valence electrons. The van der Waals surface area contributed by atoms with Crippen LogP contribution >= 0.6 is 0 Å². The van der Waals surface area contributed by atoms with Gasteiger partial charge in [-0.1, -0.05) is 48.5 Å². The van der Waals surface area contributed by atoms with Gasteiger partial charge in [0.15, 0.2) is 0 Å². The second-order valence-corrected chi connectivity index (χ2v) is 5.41. The standard InChI is InChI=1S/C18H19NO2/c20-18(11-16-13-21-14-16)19(17-9-5-2-6-10-17)12-15-7-3-1-4-8-15/h1-10,16H,11-14H2. The van der Waals surface area contributed by atoms with Crippen molar-refractivity contribution < 1.29 is 9.53 Å². The van der Waals surface area contributed by atoms with Crippen molar-refractivity contribution in [2.45, 2.75) is 13.0 Å². The van der Waals surface area contributed by atoms with Crippen LogP contribution in [0.2, 0.25) is 0 Å². The van der Waals surface area contributed by atoms with Crippen LogP contribution in [0.25, 0.3) is 0 Å². The molecule has 1 fully saturated rings. The zero-order valence-electron chi connectivity index (χ0n) is 11.9. The minimum Gasteiger partial charge on any atom is -0.381 e. The van der Waals surface area contributed by atoms with Gasteiger partial charge < -0.3 is 9.64 Å². The minimum absolute atomic E-state index is 0.165. The van der Waals surface area contributed by atoms with Gasteiger partial charge in [-0.25, -0.2) is 0 Å². The van der Waals surface area contributed by atoms with E-state index in [0.29, 0.717) is 32.1 Å². The van der Waals surface area contributed by atoms with E-state index in [2.05, 4.69) is 12.1 Å². The Morgan fingerprint density at radius 2 is 1.62 bits per heavy atom. The third-order valence-electron chi connectivity index (χ3n) is 3.72. The highest BCUT2D eigenvalue weighted by molar-refractivity contribution is 5.93. The average molecular weight is 281 g/mol. The number of para-hydroxylation sites is 1. The molecule has 1 heterocycles. The van der Waals surface area contributed by atoms with Gasteiger partial charge in [0.05, 0.1) is 19.8 Å². The van der Waals surface area contributed by atoms with Crippen molar-refractivity contribution in [1.29, 1.82) is 0 Å². The van der Waals surface area contributed by atoms with Crippen molar-refractivity contribution in [3.8, 4) is 0 Å². The van der Waals surface area contributed by atoms with E-state index in [1.807, 2.05) is 53.4 Å². The molecular weight excluding hydrogens is 262 g/mol. The zero-order valence-corrected chi connectivity index (χ0v) is 11.9. The predicted molar refractivity (Wildman–Crippen MR) is 83.0 cm³/mol. The highest BCUT2D eigenvalue weighted by atomic mass is 16.5. The first kappa shape index (κ1) is 13.8. The van der Waals surface area contributed by atoms with Gasteiger partial charge >= 0.3 is 0 Å². The third-order valence-corrected chi connectivity index (χ3v) is 3.72. The Hall–Kier alpha value is -2.13. The number of hydrogen-bond acceptors (Lipinski definition) is 2. The summed E-state index contributed by atoms with van der Waals surface area (Å²) in [4.78, 5) is 14.5. The first-order valence-electron chi connectivity index (χ1n) is 7.30. The van der Waals surface area contributed by atoms with Crippen LogP contribution in [0.15, 0.2) is 60.7 Å². The fourth-order valence-electron chi connectivity index (χ4n) is 2.46. The van der Waals surface area contributed by atoms with Crippen LogP contribution in [0.3, 0.4) is 0 Å². The lowest BCUT2D eigenvalue weighted by Gasteiger charge is -2.29. The molecule has 0 spiro atoms. The smallest absolute Gasteiger partial charge is 0.227 e. The number of carbonyl (C=O) groups excluding carboxylic acids is 1. The number of nitrogens with zero attached hydrogens (tertiary/aromatic N) is 1. The molecule has 3 rings (SSSR count). The van der Waals surface area contributed by atoms with Crippen molar-refractivity contribution in [2.24, 2.45) is 5.92 Å². The number of ether oxygens (including phenoxy) is 1. The second kappa shape index (κ2) is 6.55. The molecule has 2 aromatic carbocycles. The van der Waals surface area contributed by atoms with Crippen molar-refractivity contribution in [3.05, 3.63) is 66.2 Å². The summed E-state index contributed by atoms with van der Waals surface area (Å²) >= 11 is 0. The Morgan fingerprint density at radius 3 is 2.19 bits per heavy atom. The minimum atomic E-state index is 0.165. The van der Waals surface area contributed by atoms with E-state index in [0.717, 1.165) is 11.3 Å². The summed E-state index contributed by atoms with van der Waals surface area (Å²) in [6.45, 7) is 2.02. The number of anilines is 1. The summed E-state index contributed by atoms with van der Waals surface area (Å²) < 4.78 is 5.17. The van der Waals surface area contributed by atoms with E-state index in [1.165, 1.54) is 0 Å². The van der Waals surface area contributed by atoms with Crippen LogP contribution in [-0.4, -0.2) is 19.1 Å². The first-order valence-corrected chi connectivity index (χ1v) is 7.30. The maximum atomic E-state index is 12.6. The lowest BCUT2D eigenvalue weighted by molar-refractivity contribution is -0.124. The number of benzene rings is 2. The topological polar surface area (TPSA) is 29.5 Å². The fraction of sp³-hybridized carbons (Fsp3) is 0.278. The van der Waals surface area contributed by atoms with Gasteiger partial charge in [-0.15, -0.1) is 0 Å². The van der Waals surface area contributed by atoms with Gasteiger partial charge in [-0.05, 0) is 17.7 Å². The molecular formula is C18H19NO2. The maximum absolute atomic E-state index is 12.6. The first-order chi connectivity index (χ1) is 10.3. The number of carbonyl (C=O) groups is 1. The Labute approximate surface area is 125 Å². The van der Waals surface area contributed by atoms with E-state index < -0.39 is 0 Å². The van der Waals surface area contributed by atoms with E-state index in [1.54, 1.807) is 0 Å². The average Bonchev–Trinajstić information content (AvgIpc) is 2.50. The van der Waals surface area contributed by atoms with Crippen molar-refractivity contribution in [3.63, 3.8) is 0 Å². The molecule has 3 nitrogen and oxygen atoms in total. The molecule has 1 saturated heterocycles. The molecule has 0 radical (unpaired) electrons. The Morgan fingerprint density at radius 1 is 1.00 bits per heavy atom. The molecule has 21 heavy (non-hydrogen) atoms. The molecule has 0 bridgehead atoms. The number of amides is 1. The molecule has 3 heteroatoms. The zero-order chi connectivity index (χ0) is 14.5. The van der Waals surface area contributed by atoms with Gasteiger partial charge in [-0.2, -0.15) is 0 Å². The van der Waals surface area contributed by atoms with Gasteiger partial charge in [-0.3, -0.25) is 4.79 Å². The maximum Gasteiger partial charge on any atom is 0.227 e. The lowest BCUT2D eigenvalue weighted by atomic mass is 10.0. The highest BCUT2D eigenvalue weighted by Crippen LogP contribution is 2.22. The Balaban J connectivity index is 1.78. The molecule has 1 amide bonds. The van der Waals surface area contributed by atoms with Crippen LogP contribution in [-0.2, 0) is 16.1 Å². The SMILES string of the molecule is O=C(CC1COC1)N(Cc1ccccc1)c1ccccc1. The molecule has 0 N–H and O–H groups in total. The monoisotopic (exact) mass is 281 g/mol. The molecule has 1 aliphatic rings. The normalized spacial score (nSPS) is 14.5. The summed E-state index contributed by atoms with van der Waals surface area (Å²) in [5, 5.41) is 0. The molecule has 0 unspecified atom stereocenters. The summed E-state index contributed by atoms with van der Waals surface area (Å²) in [6.07, 6.45) is 0.557. The summed E-state index contributed by atoms with van der Waals surface area (Å²) in [6, 6.07) is 20.0. The van der Waals surface area contributed by atoms with Crippen molar-refractivity contribution in [2.75, 3.05) is 18.1 Å². The largest absolute Gasteiger partial charge is 0.381 e. The quantitative estimate of drug-likeness (QED) is 0.842. The molecule has 1 aliphatic heterocycles. The van der Waals surface area contributed by atoms with E-state index in [-0.39, 0.29) is 5.91 Å². The van der Waals surface area contributed by atoms with E-state index in [4.69, 9.17) is 4.74 Å². The lowest BCUT2D eigenvalue weighted by Crippen LogP contribution is -2.37. The van der Waals surface area contributed by atoms with Crippen LogP contribution in [0.4, 0.5) is 5.69 Å². The molecule has 0 atom stereocenters. The van der Waals surface area contributed by atoms with Gasteiger partial charge in [0.25, 0.3) is 0 Å². The van der Waals surface area contributed by atoms with Crippen LogP contribution in [0.1, 0.15) is 12.0 Å². The van der Waals surface area contributed by atoms with Crippen LogP contribution in [0, 0.1) is 5.92 Å². The predicted octanol–water partition coefficient (Wildman–Crippen LogP) is 3.26. The third kappa shape index (κ3) is 3.50. The van der Waals surface area contributed by atoms with Crippen LogP contribution in [0.5, 0.6) is 0 Å². The molecule has 2 aromatic rings. The van der Waals surface area contributed by atoms with E-state index >= 15 is 0 Å². The van der Waals surface area contributed by atoms with Gasteiger partial charge in [0.1, 0.15) is 0 Å². The highest BCUT2D eigenvalue weighted by Gasteiger charge is 2.25. The molecule has 0 aromatic heterocycles. The Bertz CT molecular complexity index is 579. The molecule has 0 saturated carbocycles. The number of rotatable bonds is 5. The Kier molecular flexibility index (Phi) is 4.31.